The van der Waals surface area contributed by atoms with E-state index in [0.717, 1.165) is 0 Å². The van der Waals surface area contributed by atoms with Gasteiger partial charge in [0, 0.05) is 16.6 Å². The SMILES string of the molecule is COC(=O)c1cc(NC(=O)c2oc(=O)c3ccccc3c2-c2ccccc2)cc(C(=O)OC)c1. The summed E-state index contributed by atoms with van der Waals surface area (Å²) in [4.78, 5) is 50.1. The zero-order chi connectivity index (χ0) is 24.2. The molecule has 0 aliphatic carbocycles. The van der Waals surface area contributed by atoms with Gasteiger partial charge in [-0.3, -0.25) is 4.79 Å². The minimum absolute atomic E-state index is 0.0314. The van der Waals surface area contributed by atoms with E-state index in [0.29, 0.717) is 21.9 Å². The molecule has 0 aliphatic heterocycles. The molecule has 3 aromatic carbocycles. The highest BCUT2D eigenvalue weighted by Crippen LogP contribution is 2.31. The first-order valence-electron chi connectivity index (χ1n) is 10.2. The van der Waals surface area contributed by atoms with E-state index in [1.54, 1.807) is 48.5 Å². The molecule has 0 saturated carbocycles. The van der Waals surface area contributed by atoms with Gasteiger partial charge in [-0.1, -0.05) is 48.5 Å². The molecule has 0 saturated heterocycles. The van der Waals surface area contributed by atoms with Crippen molar-refractivity contribution in [3.63, 3.8) is 0 Å². The van der Waals surface area contributed by atoms with Crippen LogP contribution in [0.5, 0.6) is 0 Å². The molecule has 4 aromatic rings. The number of esters is 2. The second-order valence-electron chi connectivity index (χ2n) is 7.24. The lowest BCUT2D eigenvalue weighted by Gasteiger charge is -2.13. The molecular formula is C26H19NO7. The van der Waals surface area contributed by atoms with Gasteiger partial charge < -0.3 is 19.2 Å². The van der Waals surface area contributed by atoms with E-state index in [1.807, 2.05) is 6.07 Å². The predicted octanol–water partition coefficient (Wildman–Crippen LogP) is 4.29. The summed E-state index contributed by atoms with van der Waals surface area (Å²) in [6.07, 6.45) is 0. The molecule has 170 valence electrons. The summed E-state index contributed by atoms with van der Waals surface area (Å²) < 4.78 is 14.9. The van der Waals surface area contributed by atoms with Crippen LogP contribution in [0.15, 0.2) is 82.0 Å². The molecule has 1 amide bonds. The number of benzene rings is 3. The molecule has 0 unspecified atom stereocenters. The molecule has 0 bridgehead atoms. The van der Waals surface area contributed by atoms with E-state index in [1.165, 1.54) is 32.4 Å². The number of hydrogen-bond donors (Lipinski definition) is 1. The third-order valence-electron chi connectivity index (χ3n) is 5.14. The Morgan fingerprint density at radius 1 is 0.765 bits per heavy atom. The van der Waals surface area contributed by atoms with Crippen LogP contribution in [0, 0.1) is 0 Å². The number of carbonyl (C=O) groups is 3. The molecule has 1 N–H and O–H groups in total. The van der Waals surface area contributed by atoms with Gasteiger partial charge in [0.05, 0.1) is 30.7 Å². The number of carbonyl (C=O) groups excluding carboxylic acids is 3. The number of fused-ring (bicyclic) bond motifs is 1. The van der Waals surface area contributed by atoms with Gasteiger partial charge in [0.2, 0.25) is 5.76 Å². The Bertz CT molecular complexity index is 1440. The Labute approximate surface area is 193 Å². The molecule has 34 heavy (non-hydrogen) atoms. The van der Waals surface area contributed by atoms with E-state index in [4.69, 9.17) is 13.9 Å². The lowest BCUT2D eigenvalue weighted by molar-refractivity contribution is 0.0599. The maximum Gasteiger partial charge on any atom is 0.344 e. The summed E-state index contributed by atoms with van der Waals surface area (Å²) in [5.41, 5.74) is 0.617. The first-order chi connectivity index (χ1) is 16.4. The summed E-state index contributed by atoms with van der Waals surface area (Å²) in [5, 5.41) is 3.49. The first kappa shape index (κ1) is 22.5. The van der Waals surface area contributed by atoms with Crippen LogP contribution in [0.25, 0.3) is 21.9 Å². The molecule has 1 aromatic heterocycles. The van der Waals surface area contributed by atoms with Crippen molar-refractivity contribution in [2.24, 2.45) is 0 Å². The monoisotopic (exact) mass is 457 g/mol. The number of amides is 1. The average Bonchev–Trinajstić information content (AvgIpc) is 2.87. The third kappa shape index (κ3) is 4.29. The largest absolute Gasteiger partial charge is 0.465 e. The van der Waals surface area contributed by atoms with Crippen LogP contribution in [0.1, 0.15) is 31.3 Å². The molecule has 0 fully saturated rings. The molecule has 8 heteroatoms. The standard InChI is InChI=1S/C26H19NO7/c1-32-24(29)16-12-17(25(30)33-2)14-18(13-16)27-23(28)22-21(15-8-4-3-5-9-15)19-10-6-7-11-20(19)26(31)34-22/h3-14H,1-2H3,(H,27,28). The summed E-state index contributed by atoms with van der Waals surface area (Å²) in [5.74, 6) is -2.36. The van der Waals surface area contributed by atoms with E-state index >= 15 is 0 Å². The second kappa shape index (κ2) is 9.41. The van der Waals surface area contributed by atoms with Crippen molar-refractivity contribution in [1.82, 2.24) is 0 Å². The smallest absolute Gasteiger partial charge is 0.344 e. The minimum atomic E-state index is -0.737. The van der Waals surface area contributed by atoms with Gasteiger partial charge in [-0.25, -0.2) is 14.4 Å². The van der Waals surface area contributed by atoms with Crippen molar-refractivity contribution in [2.45, 2.75) is 0 Å². The zero-order valence-corrected chi connectivity index (χ0v) is 18.3. The van der Waals surface area contributed by atoms with Crippen molar-refractivity contribution in [2.75, 3.05) is 19.5 Å². The maximum absolute atomic E-state index is 13.3. The van der Waals surface area contributed by atoms with Crippen molar-refractivity contribution < 1.29 is 28.3 Å². The Hall–Kier alpha value is -4.72. The second-order valence-corrected chi connectivity index (χ2v) is 7.24. The number of anilines is 1. The lowest BCUT2D eigenvalue weighted by atomic mass is 9.98. The Morgan fingerprint density at radius 2 is 1.32 bits per heavy atom. The van der Waals surface area contributed by atoms with Gasteiger partial charge in [-0.15, -0.1) is 0 Å². The molecular weight excluding hydrogens is 438 g/mol. The minimum Gasteiger partial charge on any atom is -0.465 e. The summed E-state index contributed by atoms with van der Waals surface area (Å²) in [6, 6.07) is 19.8. The summed E-state index contributed by atoms with van der Waals surface area (Å²) >= 11 is 0. The van der Waals surface area contributed by atoms with Crippen LogP contribution < -0.4 is 10.9 Å². The Morgan fingerprint density at radius 3 is 1.91 bits per heavy atom. The van der Waals surface area contributed by atoms with Crippen LogP contribution >= 0.6 is 0 Å². The zero-order valence-electron chi connectivity index (χ0n) is 18.3. The quantitative estimate of drug-likeness (QED) is 0.445. The van der Waals surface area contributed by atoms with E-state index < -0.39 is 23.5 Å². The van der Waals surface area contributed by atoms with Crippen LogP contribution in [0.2, 0.25) is 0 Å². The number of rotatable bonds is 5. The summed E-state index contributed by atoms with van der Waals surface area (Å²) in [6.45, 7) is 0. The van der Waals surface area contributed by atoms with Crippen LogP contribution in [0.4, 0.5) is 5.69 Å². The lowest BCUT2D eigenvalue weighted by Crippen LogP contribution is -2.18. The number of hydrogen-bond acceptors (Lipinski definition) is 7. The normalized spacial score (nSPS) is 10.5. The molecule has 0 radical (unpaired) electrons. The average molecular weight is 457 g/mol. The van der Waals surface area contributed by atoms with Gasteiger partial charge in [0.1, 0.15) is 0 Å². The van der Waals surface area contributed by atoms with Crippen LogP contribution in [-0.2, 0) is 9.47 Å². The fraction of sp³-hybridized carbons (Fsp3) is 0.0769. The van der Waals surface area contributed by atoms with E-state index in [9.17, 15) is 19.2 Å². The van der Waals surface area contributed by atoms with E-state index in [2.05, 4.69) is 5.32 Å². The van der Waals surface area contributed by atoms with Crippen molar-refractivity contribution >= 4 is 34.3 Å². The Kier molecular flexibility index (Phi) is 6.22. The van der Waals surface area contributed by atoms with Crippen LogP contribution in [-0.4, -0.2) is 32.1 Å². The molecule has 4 rings (SSSR count). The van der Waals surface area contributed by atoms with Crippen molar-refractivity contribution in [3.8, 4) is 11.1 Å². The van der Waals surface area contributed by atoms with Gasteiger partial charge in [-0.2, -0.15) is 0 Å². The number of methoxy groups -OCH3 is 2. The fourth-order valence-electron chi connectivity index (χ4n) is 3.61. The molecule has 0 atom stereocenters. The topological polar surface area (TPSA) is 112 Å². The highest BCUT2D eigenvalue weighted by atomic mass is 16.5. The third-order valence-corrected chi connectivity index (χ3v) is 5.14. The number of ether oxygens (including phenoxy) is 2. The van der Waals surface area contributed by atoms with Crippen molar-refractivity contribution in [3.05, 3.63) is 100 Å². The van der Waals surface area contributed by atoms with Gasteiger partial charge >= 0.3 is 17.6 Å². The molecule has 1 heterocycles. The summed E-state index contributed by atoms with van der Waals surface area (Å²) in [7, 11) is 2.39. The first-order valence-corrected chi connectivity index (χ1v) is 10.2. The van der Waals surface area contributed by atoms with Gasteiger partial charge in [0.15, 0.2) is 0 Å². The molecule has 8 nitrogen and oxygen atoms in total. The van der Waals surface area contributed by atoms with Gasteiger partial charge in [0.25, 0.3) is 5.91 Å². The molecule has 0 aliphatic rings. The fourth-order valence-corrected chi connectivity index (χ4v) is 3.61. The van der Waals surface area contributed by atoms with Crippen molar-refractivity contribution in [1.29, 1.82) is 0 Å². The maximum atomic E-state index is 13.3. The van der Waals surface area contributed by atoms with Crippen LogP contribution in [0.3, 0.4) is 0 Å². The molecule has 0 spiro atoms. The highest BCUT2D eigenvalue weighted by Gasteiger charge is 2.22. The Balaban J connectivity index is 1.85. The highest BCUT2D eigenvalue weighted by molar-refractivity contribution is 6.12. The van der Waals surface area contributed by atoms with E-state index in [-0.39, 0.29) is 22.6 Å². The predicted molar refractivity (Wildman–Crippen MR) is 125 cm³/mol. The van der Waals surface area contributed by atoms with Gasteiger partial charge in [-0.05, 0) is 29.8 Å². The number of nitrogens with one attached hydrogen (secondary N) is 1.